The second-order valence-electron chi connectivity index (χ2n) is 4.31. The average Bonchev–Trinajstić information content (AvgIpc) is 2.93. The molecule has 1 atom stereocenters. The van der Waals surface area contributed by atoms with Crippen molar-refractivity contribution < 1.29 is 5.11 Å². The van der Waals surface area contributed by atoms with Crippen LogP contribution in [0.2, 0.25) is 0 Å². The van der Waals surface area contributed by atoms with E-state index in [1.807, 2.05) is 36.0 Å². The lowest BCUT2D eigenvalue weighted by molar-refractivity contribution is 0.167. The molecule has 2 N–H and O–H groups in total. The summed E-state index contributed by atoms with van der Waals surface area (Å²) in [7, 11) is 0. The summed E-state index contributed by atoms with van der Waals surface area (Å²) >= 11 is 0. The zero-order chi connectivity index (χ0) is 12.8. The molecule has 0 fully saturated rings. The smallest absolute Gasteiger partial charge is 0.0662 e. The van der Waals surface area contributed by atoms with Crippen molar-refractivity contribution in [2.75, 3.05) is 6.54 Å². The lowest BCUT2D eigenvalue weighted by Gasteiger charge is -2.09. The molecular formula is C14H19N3O. The summed E-state index contributed by atoms with van der Waals surface area (Å²) in [6.07, 6.45) is 4.21. The van der Waals surface area contributed by atoms with Gasteiger partial charge in [0.05, 0.1) is 11.8 Å². The van der Waals surface area contributed by atoms with Gasteiger partial charge in [-0.05, 0) is 30.2 Å². The van der Waals surface area contributed by atoms with Gasteiger partial charge in [0.2, 0.25) is 0 Å². The monoisotopic (exact) mass is 245 g/mol. The molecule has 0 radical (unpaired) electrons. The SMILES string of the molecule is CCC(O)CNCc1ccc(-n2cccn2)cc1. The highest BCUT2D eigenvalue weighted by Gasteiger charge is 2.00. The minimum absolute atomic E-state index is 0.256. The molecule has 1 aromatic carbocycles. The predicted molar refractivity (Wildman–Crippen MR) is 71.6 cm³/mol. The van der Waals surface area contributed by atoms with E-state index in [1.54, 1.807) is 6.20 Å². The molecule has 0 aliphatic rings. The van der Waals surface area contributed by atoms with Crippen molar-refractivity contribution in [2.24, 2.45) is 0 Å². The fraction of sp³-hybridized carbons (Fsp3) is 0.357. The molecule has 96 valence electrons. The molecule has 0 aliphatic carbocycles. The summed E-state index contributed by atoms with van der Waals surface area (Å²) < 4.78 is 1.83. The van der Waals surface area contributed by atoms with Crippen LogP contribution in [-0.4, -0.2) is 27.5 Å². The van der Waals surface area contributed by atoms with Crippen LogP contribution in [0.4, 0.5) is 0 Å². The third-order valence-corrected chi connectivity index (χ3v) is 2.89. The molecule has 2 aromatic rings. The molecule has 1 heterocycles. The topological polar surface area (TPSA) is 50.1 Å². The summed E-state index contributed by atoms with van der Waals surface area (Å²) in [5.74, 6) is 0. The second kappa shape index (κ2) is 6.33. The Labute approximate surface area is 107 Å². The molecule has 1 unspecified atom stereocenters. The van der Waals surface area contributed by atoms with Crippen molar-refractivity contribution in [3.63, 3.8) is 0 Å². The van der Waals surface area contributed by atoms with Gasteiger partial charge in [0, 0.05) is 25.5 Å². The van der Waals surface area contributed by atoms with Gasteiger partial charge in [-0.3, -0.25) is 0 Å². The number of aromatic nitrogens is 2. The predicted octanol–water partition coefficient (Wildman–Crippen LogP) is 1.73. The number of hydrogen-bond acceptors (Lipinski definition) is 3. The number of hydrogen-bond donors (Lipinski definition) is 2. The van der Waals surface area contributed by atoms with E-state index in [0.29, 0.717) is 6.54 Å². The number of aliphatic hydroxyl groups excluding tert-OH is 1. The molecule has 0 amide bonds. The first kappa shape index (κ1) is 12.8. The Kier molecular flexibility index (Phi) is 4.50. The van der Waals surface area contributed by atoms with Crippen LogP contribution in [0.5, 0.6) is 0 Å². The van der Waals surface area contributed by atoms with E-state index < -0.39 is 0 Å². The van der Waals surface area contributed by atoms with Crippen LogP contribution in [0.15, 0.2) is 42.7 Å². The molecule has 18 heavy (non-hydrogen) atoms. The molecule has 4 heteroatoms. The molecule has 0 bridgehead atoms. The van der Waals surface area contributed by atoms with E-state index in [9.17, 15) is 5.11 Å². The average molecular weight is 245 g/mol. The maximum atomic E-state index is 9.43. The molecule has 4 nitrogen and oxygen atoms in total. The fourth-order valence-electron chi connectivity index (χ4n) is 1.72. The number of nitrogens with one attached hydrogen (secondary N) is 1. The number of nitrogens with zero attached hydrogens (tertiary/aromatic N) is 2. The maximum Gasteiger partial charge on any atom is 0.0662 e. The first-order valence-electron chi connectivity index (χ1n) is 6.27. The van der Waals surface area contributed by atoms with Crippen molar-refractivity contribution >= 4 is 0 Å². The highest BCUT2D eigenvalue weighted by Crippen LogP contribution is 2.08. The van der Waals surface area contributed by atoms with Crippen LogP contribution in [0, 0.1) is 0 Å². The Balaban J connectivity index is 1.88. The lowest BCUT2D eigenvalue weighted by atomic mass is 10.2. The highest BCUT2D eigenvalue weighted by atomic mass is 16.3. The number of rotatable bonds is 6. The highest BCUT2D eigenvalue weighted by molar-refractivity contribution is 5.33. The van der Waals surface area contributed by atoms with E-state index in [4.69, 9.17) is 0 Å². The van der Waals surface area contributed by atoms with Crippen molar-refractivity contribution in [3.05, 3.63) is 48.3 Å². The van der Waals surface area contributed by atoms with Crippen LogP contribution >= 0.6 is 0 Å². The molecule has 0 aliphatic heterocycles. The van der Waals surface area contributed by atoms with Gasteiger partial charge in [0.25, 0.3) is 0 Å². The van der Waals surface area contributed by atoms with E-state index >= 15 is 0 Å². The van der Waals surface area contributed by atoms with Crippen LogP contribution in [0.25, 0.3) is 5.69 Å². The van der Waals surface area contributed by atoms with Gasteiger partial charge in [0.15, 0.2) is 0 Å². The first-order chi connectivity index (χ1) is 8.79. The van der Waals surface area contributed by atoms with Crippen molar-refractivity contribution in [2.45, 2.75) is 26.0 Å². The summed E-state index contributed by atoms with van der Waals surface area (Å²) in [6, 6.07) is 10.1. The van der Waals surface area contributed by atoms with Crippen molar-refractivity contribution in [1.82, 2.24) is 15.1 Å². The molecule has 2 rings (SSSR count). The second-order valence-corrected chi connectivity index (χ2v) is 4.31. The van der Waals surface area contributed by atoms with Gasteiger partial charge in [-0.15, -0.1) is 0 Å². The number of benzene rings is 1. The minimum atomic E-state index is -0.256. The van der Waals surface area contributed by atoms with Crippen LogP contribution in [0.1, 0.15) is 18.9 Å². The van der Waals surface area contributed by atoms with Gasteiger partial charge in [-0.2, -0.15) is 5.10 Å². The third-order valence-electron chi connectivity index (χ3n) is 2.89. The molecular weight excluding hydrogens is 226 g/mol. The van der Waals surface area contributed by atoms with Gasteiger partial charge in [-0.25, -0.2) is 4.68 Å². The Bertz CT molecular complexity index is 450. The third kappa shape index (κ3) is 3.42. The normalized spacial score (nSPS) is 12.6. The minimum Gasteiger partial charge on any atom is -0.392 e. The maximum absolute atomic E-state index is 9.43. The number of aliphatic hydroxyl groups is 1. The van der Waals surface area contributed by atoms with Gasteiger partial charge < -0.3 is 10.4 Å². The van der Waals surface area contributed by atoms with Gasteiger partial charge in [-0.1, -0.05) is 19.1 Å². The van der Waals surface area contributed by atoms with Crippen molar-refractivity contribution in [1.29, 1.82) is 0 Å². The van der Waals surface area contributed by atoms with Crippen LogP contribution in [0.3, 0.4) is 0 Å². The summed E-state index contributed by atoms with van der Waals surface area (Å²) in [6.45, 7) is 3.39. The Hall–Kier alpha value is -1.65. The van der Waals surface area contributed by atoms with E-state index in [0.717, 1.165) is 18.7 Å². The molecule has 1 aromatic heterocycles. The summed E-state index contributed by atoms with van der Waals surface area (Å²) in [5.41, 5.74) is 2.26. The zero-order valence-electron chi connectivity index (χ0n) is 10.6. The van der Waals surface area contributed by atoms with Crippen LogP contribution in [-0.2, 0) is 6.54 Å². The molecule has 0 saturated carbocycles. The Morgan fingerprint density at radius 3 is 2.72 bits per heavy atom. The van der Waals surface area contributed by atoms with E-state index in [-0.39, 0.29) is 6.10 Å². The largest absolute Gasteiger partial charge is 0.392 e. The first-order valence-corrected chi connectivity index (χ1v) is 6.27. The zero-order valence-corrected chi connectivity index (χ0v) is 10.6. The van der Waals surface area contributed by atoms with Crippen molar-refractivity contribution in [3.8, 4) is 5.69 Å². The van der Waals surface area contributed by atoms with E-state index in [2.05, 4.69) is 22.5 Å². The fourth-order valence-corrected chi connectivity index (χ4v) is 1.72. The van der Waals surface area contributed by atoms with Crippen LogP contribution < -0.4 is 5.32 Å². The summed E-state index contributed by atoms with van der Waals surface area (Å²) in [5, 5.41) is 16.8. The Morgan fingerprint density at radius 1 is 1.33 bits per heavy atom. The molecule has 0 saturated heterocycles. The Morgan fingerprint density at radius 2 is 2.11 bits per heavy atom. The molecule has 0 spiro atoms. The lowest BCUT2D eigenvalue weighted by Crippen LogP contribution is -2.25. The van der Waals surface area contributed by atoms with Gasteiger partial charge >= 0.3 is 0 Å². The van der Waals surface area contributed by atoms with Gasteiger partial charge in [0.1, 0.15) is 0 Å². The van der Waals surface area contributed by atoms with E-state index in [1.165, 1.54) is 5.56 Å². The summed E-state index contributed by atoms with van der Waals surface area (Å²) in [4.78, 5) is 0. The quantitative estimate of drug-likeness (QED) is 0.815. The standard InChI is InChI=1S/C14H19N3O/c1-2-14(18)11-15-10-12-4-6-13(7-5-12)17-9-3-8-16-17/h3-9,14-15,18H,2,10-11H2,1H3.